The summed E-state index contributed by atoms with van der Waals surface area (Å²) in [5, 5.41) is 2.94. The number of sulfonamides is 1. The van der Waals surface area contributed by atoms with Gasteiger partial charge in [0.25, 0.3) is 5.91 Å². The van der Waals surface area contributed by atoms with E-state index in [-0.39, 0.29) is 22.3 Å². The molecular formula is C19H25ClFN5O3S. The van der Waals surface area contributed by atoms with E-state index in [0.29, 0.717) is 17.3 Å². The predicted molar refractivity (Wildman–Crippen MR) is 113 cm³/mol. The smallest absolute Gasteiger partial charge is 0.269 e. The van der Waals surface area contributed by atoms with Gasteiger partial charge in [-0.3, -0.25) is 10.2 Å². The monoisotopic (exact) mass is 457 g/mol. The van der Waals surface area contributed by atoms with E-state index in [4.69, 9.17) is 11.6 Å². The van der Waals surface area contributed by atoms with Crippen molar-refractivity contribution < 1.29 is 17.6 Å². The number of carbonyl (C=O) groups excluding carboxylic acids is 1. The zero-order chi connectivity index (χ0) is 21.9. The topological polar surface area (TPSA) is 105 Å². The van der Waals surface area contributed by atoms with E-state index in [1.807, 2.05) is 7.05 Å². The largest absolute Gasteiger partial charge is 0.340 e. The minimum atomic E-state index is -3.76. The number of amides is 1. The number of hydrazine groups is 1. The first kappa shape index (κ1) is 22.7. The maximum absolute atomic E-state index is 14.4. The molecule has 1 amide bonds. The average Bonchev–Trinajstić information content (AvgIpc) is 3.15. The van der Waals surface area contributed by atoms with Crippen molar-refractivity contribution in [3.63, 3.8) is 0 Å². The van der Waals surface area contributed by atoms with Crippen molar-refractivity contribution in [2.24, 2.45) is 13.0 Å². The summed E-state index contributed by atoms with van der Waals surface area (Å²) < 4.78 is 40.8. The molecule has 0 aliphatic heterocycles. The molecule has 0 radical (unpaired) electrons. The second-order valence-corrected chi connectivity index (χ2v) is 9.76. The van der Waals surface area contributed by atoms with Crippen molar-refractivity contribution in [3.8, 4) is 11.3 Å². The van der Waals surface area contributed by atoms with Crippen molar-refractivity contribution >= 4 is 27.5 Å². The number of rotatable bonds is 7. The SMILES string of the molecule is CN[C@H]1CC[C@H](CS(=O)(=O)NNC(=O)c2cc(-c3cn(C)cn3)cc(Cl)c2F)CC1. The number of aryl methyl sites for hydroxylation is 1. The van der Waals surface area contributed by atoms with Crippen molar-refractivity contribution in [2.45, 2.75) is 31.7 Å². The quantitative estimate of drug-likeness (QED) is 0.553. The molecule has 0 spiro atoms. The van der Waals surface area contributed by atoms with Crippen molar-refractivity contribution in [3.05, 3.63) is 41.1 Å². The Kier molecular flexibility index (Phi) is 7.12. The van der Waals surface area contributed by atoms with E-state index >= 15 is 0 Å². The van der Waals surface area contributed by atoms with Gasteiger partial charge >= 0.3 is 0 Å². The van der Waals surface area contributed by atoms with Crippen LogP contribution >= 0.6 is 11.6 Å². The Labute approximate surface area is 180 Å². The molecule has 1 aliphatic rings. The van der Waals surface area contributed by atoms with Gasteiger partial charge in [0.15, 0.2) is 5.82 Å². The molecular weight excluding hydrogens is 433 g/mol. The van der Waals surface area contributed by atoms with Crippen LogP contribution in [0.4, 0.5) is 4.39 Å². The third-order valence-electron chi connectivity index (χ3n) is 5.30. The number of benzene rings is 1. The van der Waals surface area contributed by atoms with Gasteiger partial charge in [0.1, 0.15) is 0 Å². The van der Waals surface area contributed by atoms with E-state index in [1.165, 1.54) is 12.1 Å². The van der Waals surface area contributed by atoms with Crippen LogP contribution in [0, 0.1) is 11.7 Å². The fourth-order valence-electron chi connectivity index (χ4n) is 3.63. The standard InChI is InChI=1S/C19H25ClFN5O3S/c1-22-14-5-3-12(4-6-14)10-30(28,29)25-24-19(27)15-7-13(8-16(20)18(15)21)17-9-26(2)11-23-17/h7-9,11-12,14,22,25H,3-6,10H2,1-2H3,(H,24,27)/t12-,14-. The minimum Gasteiger partial charge on any atom is -0.340 e. The van der Waals surface area contributed by atoms with Crippen LogP contribution in [0.2, 0.25) is 5.02 Å². The summed E-state index contributed by atoms with van der Waals surface area (Å²) in [7, 11) is -0.0949. The molecule has 1 aromatic carbocycles. The third kappa shape index (κ3) is 5.57. The highest BCUT2D eigenvalue weighted by atomic mass is 35.5. The number of hydrogen-bond acceptors (Lipinski definition) is 5. The van der Waals surface area contributed by atoms with Gasteiger partial charge in [-0.1, -0.05) is 11.6 Å². The highest BCUT2D eigenvalue weighted by Crippen LogP contribution is 2.27. The van der Waals surface area contributed by atoms with Crippen LogP contribution in [0.25, 0.3) is 11.3 Å². The van der Waals surface area contributed by atoms with Gasteiger partial charge in [0, 0.05) is 24.8 Å². The van der Waals surface area contributed by atoms with Gasteiger partial charge in [0.2, 0.25) is 10.0 Å². The second-order valence-electron chi connectivity index (χ2n) is 7.59. The number of hydrogen-bond donors (Lipinski definition) is 3. The second kappa shape index (κ2) is 9.42. The fraction of sp³-hybridized carbons (Fsp3) is 0.474. The number of aromatic nitrogens is 2. The van der Waals surface area contributed by atoms with E-state index in [9.17, 15) is 17.6 Å². The molecule has 0 saturated heterocycles. The molecule has 0 unspecified atom stereocenters. The summed E-state index contributed by atoms with van der Waals surface area (Å²) in [5.74, 6) is -1.95. The van der Waals surface area contributed by atoms with Crippen molar-refractivity contribution in [1.82, 2.24) is 25.1 Å². The molecule has 1 aliphatic carbocycles. The zero-order valence-electron chi connectivity index (χ0n) is 16.8. The Morgan fingerprint density at radius 2 is 2.00 bits per heavy atom. The lowest BCUT2D eigenvalue weighted by atomic mass is 9.87. The van der Waals surface area contributed by atoms with Crippen molar-refractivity contribution in [2.75, 3.05) is 12.8 Å². The number of halogens is 2. The lowest BCUT2D eigenvalue weighted by Gasteiger charge is -2.27. The summed E-state index contributed by atoms with van der Waals surface area (Å²) in [6, 6.07) is 3.06. The molecule has 1 heterocycles. The van der Waals surface area contributed by atoms with Crippen LogP contribution in [0.1, 0.15) is 36.0 Å². The first-order chi connectivity index (χ1) is 14.2. The molecule has 3 N–H and O–H groups in total. The zero-order valence-corrected chi connectivity index (χ0v) is 18.4. The van der Waals surface area contributed by atoms with E-state index in [0.717, 1.165) is 25.7 Å². The molecule has 0 atom stereocenters. The fourth-order valence-corrected chi connectivity index (χ4v) is 5.13. The van der Waals surface area contributed by atoms with Crippen molar-refractivity contribution in [1.29, 1.82) is 0 Å². The maximum atomic E-state index is 14.4. The number of nitrogens with zero attached hydrogens (tertiary/aromatic N) is 2. The summed E-state index contributed by atoms with van der Waals surface area (Å²) in [4.78, 5) is 18.7. The Morgan fingerprint density at radius 3 is 2.60 bits per heavy atom. The highest BCUT2D eigenvalue weighted by molar-refractivity contribution is 7.89. The number of nitrogens with one attached hydrogen (secondary N) is 3. The molecule has 1 aromatic heterocycles. The first-order valence-corrected chi connectivity index (χ1v) is 11.7. The molecule has 8 nitrogen and oxygen atoms in total. The van der Waals surface area contributed by atoms with Gasteiger partial charge in [-0.25, -0.2) is 17.8 Å². The van der Waals surface area contributed by atoms with Crippen LogP contribution in [0.15, 0.2) is 24.7 Å². The van der Waals surface area contributed by atoms with Crippen LogP contribution in [-0.4, -0.2) is 42.7 Å². The lowest BCUT2D eigenvalue weighted by molar-refractivity contribution is 0.0941. The van der Waals surface area contributed by atoms with Gasteiger partial charge in [0.05, 0.1) is 28.4 Å². The normalized spacial score (nSPS) is 19.6. The van der Waals surface area contributed by atoms with Crippen LogP contribution in [-0.2, 0) is 17.1 Å². The maximum Gasteiger partial charge on any atom is 0.269 e. The van der Waals surface area contributed by atoms with Gasteiger partial charge in [-0.05, 0) is 50.8 Å². The molecule has 3 rings (SSSR count). The molecule has 164 valence electrons. The third-order valence-corrected chi connectivity index (χ3v) is 6.90. The van der Waals surface area contributed by atoms with Crippen LogP contribution in [0.3, 0.4) is 0 Å². The Hall–Kier alpha value is -2.01. The summed E-state index contributed by atoms with van der Waals surface area (Å²) in [6.07, 6.45) is 6.65. The lowest BCUT2D eigenvalue weighted by Crippen LogP contribution is -2.44. The highest BCUT2D eigenvalue weighted by Gasteiger charge is 2.26. The van der Waals surface area contributed by atoms with E-state index < -0.39 is 21.7 Å². The summed E-state index contributed by atoms with van der Waals surface area (Å²) in [5.41, 5.74) is 2.66. The summed E-state index contributed by atoms with van der Waals surface area (Å²) in [6.45, 7) is 0. The average molecular weight is 458 g/mol. The Bertz CT molecular complexity index is 1020. The first-order valence-electron chi connectivity index (χ1n) is 9.63. The summed E-state index contributed by atoms with van der Waals surface area (Å²) >= 11 is 5.93. The van der Waals surface area contributed by atoms with Crippen LogP contribution < -0.4 is 15.6 Å². The van der Waals surface area contributed by atoms with Gasteiger partial charge < -0.3 is 9.88 Å². The Morgan fingerprint density at radius 1 is 1.30 bits per heavy atom. The molecule has 1 saturated carbocycles. The number of carbonyl (C=O) groups is 1. The number of imidazole rings is 1. The van der Waals surface area contributed by atoms with Crippen LogP contribution in [0.5, 0.6) is 0 Å². The minimum absolute atomic E-state index is 0.0164. The molecule has 30 heavy (non-hydrogen) atoms. The molecule has 1 fully saturated rings. The molecule has 2 aromatic rings. The van der Waals surface area contributed by atoms with Gasteiger partial charge in [-0.15, -0.1) is 4.83 Å². The van der Waals surface area contributed by atoms with E-state index in [2.05, 4.69) is 20.6 Å². The molecule has 11 heteroatoms. The molecule has 0 bridgehead atoms. The predicted octanol–water partition coefficient (Wildman–Crippen LogP) is 2.22. The van der Waals surface area contributed by atoms with E-state index in [1.54, 1.807) is 24.1 Å². The Balaban J connectivity index is 1.66. The van der Waals surface area contributed by atoms with Gasteiger partial charge in [-0.2, -0.15) is 0 Å².